The van der Waals surface area contributed by atoms with Crippen LogP contribution in [-0.2, 0) is 0 Å². The molecule has 3 heterocycles. The minimum absolute atomic E-state index is 0.251. The van der Waals surface area contributed by atoms with Crippen molar-refractivity contribution in [2.45, 2.75) is 31.3 Å². The Morgan fingerprint density at radius 3 is 2.83 bits per heavy atom. The van der Waals surface area contributed by atoms with Gasteiger partial charge in [0.15, 0.2) is 0 Å². The first-order chi connectivity index (χ1) is 11.3. The molecule has 1 aromatic rings. The third kappa shape index (κ3) is 4.32. The van der Waals surface area contributed by atoms with E-state index < -0.39 is 0 Å². The number of hydrogen-bond donors (Lipinski definition) is 2. The first-order valence-electron chi connectivity index (χ1n) is 9.01. The highest BCUT2D eigenvalue weighted by molar-refractivity contribution is 4.91. The van der Waals surface area contributed by atoms with Crippen LogP contribution in [0, 0.1) is 5.92 Å². The van der Waals surface area contributed by atoms with Crippen LogP contribution < -0.4 is 5.32 Å². The molecular formula is C17H31N5O. The number of aliphatic hydroxyl groups is 1. The van der Waals surface area contributed by atoms with E-state index in [1.807, 2.05) is 12.3 Å². The van der Waals surface area contributed by atoms with Gasteiger partial charge in [0, 0.05) is 51.2 Å². The van der Waals surface area contributed by atoms with Crippen LogP contribution in [0.5, 0.6) is 0 Å². The van der Waals surface area contributed by atoms with E-state index in [0.29, 0.717) is 18.0 Å². The molecule has 2 aliphatic heterocycles. The molecule has 0 amide bonds. The van der Waals surface area contributed by atoms with E-state index >= 15 is 0 Å². The van der Waals surface area contributed by atoms with Crippen molar-refractivity contribution in [3.05, 3.63) is 18.5 Å². The zero-order chi connectivity index (χ0) is 16.1. The third-order valence-electron chi connectivity index (χ3n) is 5.48. The third-order valence-corrected chi connectivity index (χ3v) is 5.48. The highest BCUT2D eigenvalue weighted by atomic mass is 16.3. The van der Waals surface area contributed by atoms with Crippen LogP contribution in [0.1, 0.15) is 25.3 Å². The smallest absolute Gasteiger partial charge is 0.0558 e. The predicted octanol–water partition coefficient (Wildman–Crippen LogP) is 0.422. The summed E-state index contributed by atoms with van der Waals surface area (Å²) < 4.78 is 2.13. The van der Waals surface area contributed by atoms with E-state index in [4.69, 9.17) is 5.11 Å². The summed E-state index contributed by atoms with van der Waals surface area (Å²) in [5.41, 5.74) is 0. The molecule has 0 bridgehead atoms. The van der Waals surface area contributed by atoms with Gasteiger partial charge in [-0.15, -0.1) is 0 Å². The topological polar surface area (TPSA) is 56.6 Å². The van der Waals surface area contributed by atoms with Crippen molar-refractivity contribution in [3.8, 4) is 0 Å². The zero-order valence-corrected chi connectivity index (χ0v) is 14.3. The Bertz CT molecular complexity index is 444. The monoisotopic (exact) mass is 321 g/mol. The lowest BCUT2D eigenvalue weighted by atomic mass is 9.89. The molecule has 0 aliphatic carbocycles. The average Bonchev–Trinajstić information content (AvgIpc) is 3.10. The summed E-state index contributed by atoms with van der Waals surface area (Å²) in [6.07, 6.45) is 7.59. The van der Waals surface area contributed by atoms with E-state index in [0.717, 1.165) is 39.3 Å². The molecule has 0 saturated carbocycles. The zero-order valence-electron chi connectivity index (χ0n) is 14.3. The van der Waals surface area contributed by atoms with E-state index in [1.54, 1.807) is 0 Å². The number of aromatic nitrogens is 2. The fraction of sp³-hybridized carbons (Fsp3) is 0.824. The molecule has 6 nitrogen and oxygen atoms in total. The Hall–Kier alpha value is -0.950. The summed E-state index contributed by atoms with van der Waals surface area (Å²) in [5, 5.41) is 17.1. The molecule has 130 valence electrons. The maximum atomic E-state index is 9.13. The maximum Gasteiger partial charge on any atom is 0.0558 e. The van der Waals surface area contributed by atoms with Gasteiger partial charge in [-0.1, -0.05) is 0 Å². The normalized spacial score (nSPS) is 27.6. The number of piperidine rings is 2. The van der Waals surface area contributed by atoms with E-state index in [2.05, 4.69) is 38.1 Å². The Balaban J connectivity index is 1.54. The van der Waals surface area contributed by atoms with Crippen LogP contribution in [-0.4, -0.2) is 83.7 Å². The van der Waals surface area contributed by atoms with Crippen molar-refractivity contribution in [3.63, 3.8) is 0 Å². The Morgan fingerprint density at radius 1 is 1.30 bits per heavy atom. The molecule has 0 aromatic carbocycles. The number of hydrogen-bond acceptors (Lipinski definition) is 5. The van der Waals surface area contributed by atoms with E-state index in [-0.39, 0.29) is 6.61 Å². The van der Waals surface area contributed by atoms with Crippen LogP contribution in [0.2, 0.25) is 0 Å². The molecule has 23 heavy (non-hydrogen) atoms. The highest BCUT2D eigenvalue weighted by Crippen LogP contribution is 2.27. The molecule has 2 aliphatic rings. The van der Waals surface area contributed by atoms with Gasteiger partial charge in [0.1, 0.15) is 0 Å². The number of nitrogens with zero attached hydrogens (tertiary/aromatic N) is 4. The van der Waals surface area contributed by atoms with Crippen molar-refractivity contribution < 1.29 is 5.11 Å². The summed E-state index contributed by atoms with van der Waals surface area (Å²) in [5.74, 6) is 0.703. The van der Waals surface area contributed by atoms with Crippen molar-refractivity contribution >= 4 is 0 Å². The molecule has 0 spiro atoms. The van der Waals surface area contributed by atoms with Gasteiger partial charge in [-0.25, -0.2) is 0 Å². The Kier molecular flexibility index (Phi) is 6.05. The molecule has 6 heteroatoms. The second-order valence-corrected chi connectivity index (χ2v) is 7.06. The molecule has 1 aromatic heterocycles. The van der Waals surface area contributed by atoms with Gasteiger partial charge in [-0.05, 0) is 44.8 Å². The molecule has 2 atom stereocenters. The van der Waals surface area contributed by atoms with Gasteiger partial charge in [0.05, 0.1) is 12.6 Å². The lowest BCUT2D eigenvalue weighted by molar-refractivity contribution is 0.0599. The molecule has 2 unspecified atom stereocenters. The Morgan fingerprint density at radius 2 is 2.13 bits per heavy atom. The number of likely N-dealkylation sites (tertiary alicyclic amines) is 1. The Labute approximate surface area is 139 Å². The standard InChI is InChI=1S/C17H31N5O/c1-20(11-12-23)14-15-3-7-18-13-17(15)21-9-4-16(5-10-21)22-8-2-6-19-22/h2,6,8,15-18,23H,3-5,7,9-14H2,1H3. The largest absolute Gasteiger partial charge is 0.395 e. The average molecular weight is 321 g/mol. The summed E-state index contributed by atoms with van der Waals surface area (Å²) in [6.45, 7) is 6.67. The predicted molar refractivity (Wildman–Crippen MR) is 91.4 cm³/mol. The maximum absolute atomic E-state index is 9.13. The molecule has 3 rings (SSSR count). The number of nitrogens with one attached hydrogen (secondary N) is 1. The minimum atomic E-state index is 0.251. The highest BCUT2D eigenvalue weighted by Gasteiger charge is 2.33. The molecule has 2 saturated heterocycles. The summed E-state index contributed by atoms with van der Waals surface area (Å²) >= 11 is 0. The van der Waals surface area contributed by atoms with E-state index in [1.165, 1.54) is 19.3 Å². The van der Waals surface area contributed by atoms with Gasteiger partial charge in [-0.2, -0.15) is 5.10 Å². The number of rotatable bonds is 6. The summed E-state index contributed by atoms with van der Waals surface area (Å²) in [6, 6.07) is 3.21. The van der Waals surface area contributed by atoms with Crippen molar-refractivity contribution in [1.29, 1.82) is 0 Å². The van der Waals surface area contributed by atoms with Gasteiger partial charge < -0.3 is 15.3 Å². The van der Waals surface area contributed by atoms with Gasteiger partial charge in [0.25, 0.3) is 0 Å². The fourth-order valence-electron chi connectivity index (χ4n) is 4.18. The van der Waals surface area contributed by atoms with Crippen LogP contribution in [0.25, 0.3) is 0 Å². The number of likely N-dealkylation sites (N-methyl/N-ethyl adjacent to an activating group) is 1. The molecule has 0 radical (unpaired) electrons. The first-order valence-corrected chi connectivity index (χ1v) is 9.01. The molecule has 2 N–H and O–H groups in total. The van der Waals surface area contributed by atoms with Crippen molar-refractivity contribution in [1.82, 2.24) is 24.9 Å². The second kappa shape index (κ2) is 8.24. The van der Waals surface area contributed by atoms with Crippen molar-refractivity contribution in [2.75, 3.05) is 52.9 Å². The molecule has 2 fully saturated rings. The van der Waals surface area contributed by atoms with Crippen LogP contribution >= 0.6 is 0 Å². The first kappa shape index (κ1) is 16.9. The quantitative estimate of drug-likeness (QED) is 0.795. The van der Waals surface area contributed by atoms with Gasteiger partial charge in [0.2, 0.25) is 0 Å². The van der Waals surface area contributed by atoms with E-state index in [9.17, 15) is 0 Å². The SMILES string of the molecule is CN(CCO)CC1CCNCC1N1CCC(n2cccn2)CC1. The fourth-order valence-corrected chi connectivity index (χ4v) is 4.18. The van der Waals surface area contributed by atoms with Crippen LogP contribution in [0.3, 0.4) is 0 Å². The lowest BCUT2D eigenvalue weighted by Crippen LogP contribution is -2.55. The number of aliphatic hydroxyl groups excluding tert-OH is 1. The van der Waals surface area contributed by atoms with Crippen molar-refractivity contribution in [2.24, 2.45) is 5.92 Å². The van der Waals surface area contributed by atoms with Crippen LogP contribution in [0.15, 0.2) is 18.5 Å². The lowest BCUT2D eigenvalue weighted by Gasteiger charge is -2.44. The second-order valence-electron chi connectivity index (χ2n) is 7.06. The van der Waals surface area contributed by atoms with Gasteiger partial charge in [-0.3, -0.25) is 9.58 Å². The molecular weight excluding hydrogens is 290 g/mol. The minimum Gasteiger partial charge on any atom is -0.395 e. The van der Waals surface area contributed by atoms with Gasteiger partial charge >= 0.3 is 0 Å². The summed E-state index contributed by atoms with van der Waals surface area (Å²) in [4.78, 5) is 4.96. The van der Waals surface area contributed by atoms with Crippen LogP contribution in [0.4, 0.5) is 0 Å². The summed E-state index contributed by atoms with van der Waals surface area (Å²) in [7, 11) is 2.12.